The van der Waals surface area contributed by atoms with Gasteiger partial charge in [-0.1, -0.05) is 24.8 Å². The minimum Gasteiger partial charge on any atom is -0.458 e. The van der Waals surface area contributed by atoms with Crippen molar-refractivity contribution in [3.63, 3.8) is 0 Å². The molecule has 1 heterocycles. The maximum Gasteiger partial charge on any atom is 0.334 e. The zero-order valence-electron chi connectivity index (χ0n) is 16.3. The normalized spacial score (nSPS) is 38.8. The van der Waals surface area contributed by atoms with Gasteiger partial charge in [0.25, 0.3) is 0 Å². The van der Waals surface area contributed by atoms with Gasteiger partial charge in [-0.05, 0) is 51.0 Å². The summed E-state index contributed by atoms with van der Waals surface area (Å²) in [6, 6.07) is 0. The predicted molar refractivity (Wildman–Crippen MR) is 101 cm³/mol. The zero-order valence-corrected chi connectivity index (χ0v) is 16.3. The second-order valence-electron chi connectivity index (χ2n) is 7.73. The van der Waals surface area contributed by atoms with Crippen LogP contribution in [0.5, 0.6) is 0 Å². The van der Waals surface area contributed by atoms with Crippen molar-refractivity contribution in [3.8, 4) is 0 Å². The molecule has 1 aliphatic heterocycles. The molecule has 150 valence electrons. The number of allylic oxidation sites excluding steroid dienone is 2. The van der Waals surface area contributed by atoms with Crippen LogP contribution in [0.3, 0.4) is 0 Å². The molecule has 1 fully saturated rings. The smallest absolute Gasteiger partial charge is 0.334 e. The monoisotopic (exact) mass is 378 g/mol. The third kappa shape index (κ3) is 5.53. The van der Waals surface area contributed by atoms with Gasteiger partial charge in [0.05, 0.1) is 12.2 Å². The van der Waals surface area contributed by atoms with E-state index in [0.29, 0.717) is 31.3 Å². The highest BCUT2D eigenvalue weighted by molar-refractivity contribution is 5.89. The molecule has 2 rings (SSSR count). The first kappa shape index (κ1) is 21.4. The highest BCUT2D eigenvalue weighted by Gasteiger charge is 2.45. The van der Waals surface area contributed by atoms with Gasteiger partial charge in [0.15, 0.2) is 0 Å². The fourth-order valence-corrected chi connectivity index (χ4v) is 3.62. The molecule has 0 unspecified atom stereocenters. The van der Waals surface area contributed by atoms with Crippen molar-refractivity contribution in [2.75, 3.05) is 0 Å². The minimum atomic E-state index is -1.08. The first-order valence-electron chi connectivity index (χ1n) is 9.41. The van der Waals surface area contributed by atoms with Gasteiger partial charge in [-0.3, -0.25) is 4.79 Å². The van der Waals surface area contributed by atoms with E-state index in [9.17, 15) is 19.8 Å². The molecule has 0 aromatic heterocycles. The van der Waals surface area contributed by atoms with E-state index in [1.54, 1.807) is 19.9 Å². The van der Waals surface area contributed by atoms with E-state index in [-0.39, 0.29) is 12.3 Å². The molecular weight excluding hydrogens is 348 g/mol. The second-order valence-corrected chi connectivity index (χ2v) is 7.73. The Morgan fingerprint density at radius 1 is 1.37 bits per heavy atom. The Bertz CT molecular complexity index is 649. The van der Waals surface area contributed by atoms with Gasteiger partial charge in [-0.15, -0.1) is 0 Å². The van der Waals surface area contributed by atoms with Crippen LogP contribution in [0.1, 0.15) is 52.9 Å². The summed E-state index contributed by atoms with van der Waals surface area (Å²) in [6.45, 7) is 8.68. The third-order valence-electron chi connectivity index (χ3n) is 5.48. The van der Waals surface area contributed by atoms with Gasteiger partial charge >= 0.3 is 11.9 Å². The number of fused-ring (bicyclic) bond motifs is 3. The number of esters is 2. The van der Waals surface area contributed by atoms with Crippen LogP contribution in [0, 0.1) is 5.92 Å². The fourth-order valence-electron chi connectivity index (χ4n) is 3.62. The summed E-state index contributed by atoms with van der Waals surface area (Å²) in [5, 5.41) is 20.8. The lowest BCUT2D eigenvalue weighted by Gasteiger charge is -2.36. The first-order chi connectivity index (χ1) is 12.6. The molecule has 2 aliphatic rings. The molecule has 27 heavy (non-hydrogen) atoms. The van der Waals surface area contributed by atoms with Crippen LogP contribution < -0.4 is 0 Å². The topological polar surface area (TPSA) is 93.1 Å². The van der Waals surface area contributed by atoms with Crippen molar-refractivity contribution in [2.24, 2.45) is 5.92 Å². The number of aliphatic hydroxyl groups is 2. The van der Waals surface area contributed by atoms with Crippen molar-refractivity contribution in [2.45, 2.75) is 76.8 Å². The van der Waals surface area contributed by atoms with Crippen molar-refractivity contribution in [1.82, 2.24) is 0 Å². The molecule has 0 aromatic carbocycles. The molecule has 0 aromatic rings. The summed E-state index contributed by atoms with van der Waals surface area (Å²) < 4.78 is 11.2. The molecular formula is C21H30O6. The van der Waals surface area contributed by atoms with Gasteiger partial charge < -0.3 is 19.7 Å². The van der Waals surface area contributed by atoms with Gasteiger partial charge in [0.2, 0.25) is 0 Å². The maximum atomic E-state index is 12.6. The number of hydrogen-bond acceptors (Lipinski definition) is 6. The van der Waals surface area contributed by atoms with Gasteiger partial charge in [0, 0.05) is 18.9 Å². The molecule has 0 amide bonds. The Labute approximate surface area is 160 Å². The van der Waals surface area contributed by atoms with Gasteiger partial charge in [0.1, 0.15) is 11.7 Å². The highest BCUT2D eigenvalue weighted by atomic mass is 16.6. The quantitative estimate of drug-likeness (QED) is 0.414. The second kappa shape index (κ2) is 8.85. The first-order valence-corrected chi connectivity index (χ1v) is 9.41. The molecule has 2 bridgehead atoms. The Morgan fingerprint density at radius 3 is 2.74 bits per heavy atom. The highest BCUT2D eigenvalue weighted by Crippen LogP contribution is 2.38. The van der Waals surface area contributed by atoms with Gasteiger partial charge in [-0.25, -0.2) is 4.79 Å². The Kier molecular flexibility index (Phi) is 7.00. The molecule has 2 N–H and O–H groups in total. The molecule has 0 spiro atoms. The zero-order chi connectivity index (χ0) is 20.2. The molecule has 1 aliphatic carbocycles. The van der Waals surface area contributed by atoms with Crippen LogP contribution in [0.4, 0.5) is 0 Å². The van der Waals surface area contributed by atoms with Crippen LogP contribution in [0.2, 0.25) is 0 Å². The van der Waals surface area contributed by atoms with Crippen LogP contribution in [-0.2, 0) is 19.1 Å². The van der Waals surface area contributed by atoms with E-state index < -0.39 is 35.9 Å². The van der Waals surface area contributed by atoms with E-state index in [2.05, 4.69) is 6.58 Å². The lowest BCUT2D eigenvalue weighted by molar-refractivity contribution is -0.182. The average Bonchev–Trinajstić information content (AvgIpc) is 2.69. The van der Waals surface area contributed by atoms with Crippen molar-refractivity contribution >= 4 is 11.9 Å². The van der Waals surface area contributed by atoms with Crippen LogP contribution in [0.25, 0.3) is 0 Å². The molecule has 0 saturated carbocycles. The summed E-state index contributed by atoms with van der Waals surface area (Å²) in [6.07, 6.45) is 5.15. The Hall–Kier alpha value is -1.92. The largest absolute Gasteiger partial charge is 0.458 e. The van der Waals surface area contributed by atoms with E-state index >= 15 is 0 Å². The van der Waals surface area contributed by atoms with Crippen LogP contribution in [-0.4, -0.2) is 46.1 Å². The summed E-state index contributed by atoms with van der Waals surface area (Å²) in [4.78, 5) is 24.2. The number of carbonyl (C=O) groups is 2. The number of aliphatic hydroxyl groups excluding tert-OH is 2. The van der Waals surface area contributed by atoms with Crippen LogP contribution in [0.15, 0.2) is 36.0 Å². The summed E-state index contributed by atoms with van der Waals surface area (Å²) in [5.41, 5.74) is -0.0289. The number of ether oxygens (including phenoxy) is 2. The Morgan fingerprint density at radius 2 is 2.07 bits per heavy atom. The predicted octanol–water partition coefficient (Wildman–Crippen LogP) is 2.59. The Balaban J connectivity index is 2.43. The average molecular weight is 378 g/mol. The molecule has 6 nitrogen and oxygen atoms in total. The number of rotatable bonds is 1. The molecule has 5 atom stereocenters. The molecule has 0 radical (unpaired) electrons. The lowest BCUT2D eigenvalue weighted by atomic mass is 9.83. The molecule has 6 heteroatoms. The summed E-state index contributed by atoms with van der Waals surface area (Å²) in [5.74, 6) is -1.27. The minimum absolute atomic E-state index is 0.134. The van der Waals surface area contributed by atoms with Crippen molar-refractivity contribution in [3.05, 3.63) is 36.0 Å². The van der Waals surface area contributed by atoms with Crippen molar-refractivity contribution < 1.29 is 29.3 Å². The summed E-state index contributed by atoms with van der Waals surface area (Å²) in [7, 11) is 0. The molecule has 1 saturated heterocycles. The lowest BCUT2D eigenvalue weighted by Crippen LogP contribution is -2.47. The summed E-state index contributed by atoms with van der Waals surface area (Å²) >= 11 is 0. The third-order valence-corrected chi connectivity index (χ3v) is 5.48. The van der Waals surface area contributed by atoms with Crippen LogP contribution >= 0.6 is 0 Å². The van der Waals surface area contributed by atoms with E-state index in [0.717, 1.165) is 5.57 Å². The van der Waals surface area contributed by atoms with E-state index in [1.807, 2.05) is 12.2 Å². The number of hydrogen-bond donors (Lipinski definition) is 2. The van der Waals surface area contributed by atoms with Crippen molar-refractivity contribution in [1.29, 1.82) is 0 Å². The van der Waals surface area contributed by atoms with Gasteiger partial charge in [-0.2, -0.15) is 0 Å². The van der Waals surface area contributed by atoms with E-state index in [4.69, 9.17) is 9.47 Å². The number of carbonyl (C=O) groups excluding carboxylic acids is 2. The maximum absolute atomic E-state index is 12.6. The van der Waals surface area contributed by atoms with E-state index in [1.165, 1.54) is 6.92 Å². The SMILES string of the molecule is C=C1C(=O)O[C@@]2(C)CC[C@H]1C[C@@H](O)/C=C/C/C=C(\C)[C@H](O)C[C@H]2OC(C)=O. The standard InChI is InChI=1S/C21H30O6/c1-13-7-5-6-8-17(23)11-16-9-10-21(4,27-20(25)14(16)2)19(12-18(13)24)26-15(3)22/h6-8,16-19,23-24H,2,5,9-12H2,1,3-4H3/b8-6+,13-7+/t16-,17-,18+,19+,21-/m0/s1. The fraction of sp³-hybridized carbons (Fsp3) is 0.619.